The summed E-state index contributed by atoms with van der Waals surface area (Å²) in [4.78, 5) is 12.2. The Morgan fingerprint density at radius 2 is 1.59 bits per heavy atom. The maximum atomic E-state index is 12.2. The van der Waals surface area contributed by atoms with E-state index in [4.69, 9.17) is 5.73 Å². The predicted molar refractivity (Wildman–Crippen MR) is 91.0 cm³/mol. The van der Waals surface area contributed by atoms with Crippen molar-refractivity contribution in [2.24, 2.45) is 5.73 Å². The van der Waals surface area contributed by atoms with E-state index in [1.54, 1.807) is 0 Å². The van der Waals surface area contributed by atoms with Crippen molar-refractivity contribution in [3.63, 3.8) is 0 Å². The summed E-state index contributed by atoms with van der Waals surface area (Å²) >= 11 is 0. The van der Waals surface area contributed by atoms with Gasteiger partial charge in [0.05, 0.1) is 0 Å². The van der Waals surface area contributed by atoms with Gasteiger partial charge in [-0.3, -0.25) is 4.79 Å². The molecule has 0 heterocycles. The molecule has 3 N–H and O–H groups in total. The van der Waals surface area contributed by atoms with Crippen molar-refractivity contribution < 1.29 is 4.79 Å². The van der Waals surface area contributed by atoms with E-state index in [1.807, 2.05) is 48.5 Å². The summed E-state index contributed by atoms with van der Waals surface area (Å²) in [5.41, 5.74) is 8.28. The van der Waals surface area contributed by atoms with Crippen molar-refractivity contribution in [3.8, 4) is 0 Å². The molecule has 1 unspecified atom stereocenters. The third kappa shape index (κ3) is 3.49. The number of rotatable bonds is 5. The van der Waals surface area contributed by atoms with Crippen LogP contribution < -0.4 is 11.1 Å². The second-order valence-corrected chi connectivity index (χ2v) is 5.75. The van der Waals surface area contributed by atoms with Crippen LogP contribution in [0.4, 0.5) is 0 Å². The van der Waals surface area contributed by atoms with Gasteiger partial charge in [0.15, 0.2) is 0 Å². The molecule has 0 saturated heterocycles. The standard InChI is InChI=1S/C18H20N2O.ClH/c19-16(14-7-3-1-4-8-14)17(21)20-13-18(11-12-18)15-9-5-2-6-10-15;/h1-10,16H,11-13,19H2,(H,20,21);1H. The number of carbonyl (C=O) groups is 1. The maximum absolute atomic E-state index is 12.2. The number of halogens is 1. The molecule has 3 rings (SSSR count). The van der Waals surface area contributed by atoms with E-state index in [9.17, 15) is 4.79 Å². The molecule has 2 aromatic carbocycles. The molecule has 1 fully saturated rings. The Labute approximate surface area is 137 Å². The number of hydrogen-bond acceptors (Lipinski definition) is 2. The minimum atomic E-state index is -0.599. The van der Waals surface area contributed by atoms with Crippen molar-refractivity contribution >= 4 is 18.3 Å². The third-order valence-electron chi connectivity index (χ3n) is 4.28. The normalized spacial score (nSPS) is 16.2. The first-order valence-electron chi connectivity index (χ1n) is 7.35. The molecule has 116 valence electrons. The molecule has 3 nitrogen and oxygen atoms in total. The average Bonchev–Trinajstić information content (AvgIpc) is 3.35. The van der Waals surface area contributed by atoms with Gasteiger partial charge in [-0.25, -0.2) is 0 Å². The molecule has 22 heavy (non-hydrogen) atoms. The van der Waals surface area contributed by atoms with E-state index in [0.717, 1.165) is 18.4 Å². The van der Waals surface area contributed by atoms with Gasteiger partial charge in [-0.15, -0.1) is 12.4 Å². The minimum absolute atomic E-state index is 0. The van der Waals surface area contributed by atoms with Crippen LogP contribution in [0.2, 0.25) is 0 Å². The molecule has 0 spiro atoms. The highest BCUT2D eigenvalue weighted by atomic mass is 35.5. The molecule has 1 amide bonds. The van der Waals surface area contributed by atoms with Crippen LogP contribution in [-0.2, 0) is 10.2 Å². The first-order valence-corrected chi connectivity index (χ1v) is 7.35. The summed E-state index contributed by atoms with van der Waals surface area (Å²) in [6, 6.07) is 19.3. The molecule has 4 heteroatoms. The fraction of sp³-hybridized carbons (Fsp3) is 0.278. The zero-order chi connectivity index (χ0) is 14.7. The van der Waals surface area contributed by atoms with Crippen molar-refractivity contribution in [1.29, 1.82) is 0 Å². The highest BCUT2D eigenvalue weighted by molar-refractivity contribution is 5.85. The Balaban J connectivity index is 0.00000176. The first kappa shape index (κ1) is 16.5. The van der Waals surface area contributed by atoms with Crippen LogP contribution >= 0.6 is 12.4 Å². The molecule has 1 aliphatic rings. The Bertz CT molecular complexity index is 611. The smallest absolute Gasteiger partial charge is 0.241 e. The van der Waals surface area contributed by atoms with Gasteiger partial charge >= 0.3 is 0 Å². The zero-order valence-electron chi connectivity index (χ0n) is 12.4. The molecule has 0 radical (unpaired) electrons. The van der Waals surface area contributed by atoms with Gasteiger partial charge in [0.25, 0.3) is 0 Å². The van der Waals surface area contributed by atoms with Crippen LogP contribution in [0.25, 0.3) is 0 Å². The van der Waals surface area contributed by atoms with Crippen LogP contribution in [-0.4, -0.2) is 12.5 Å². The summed E-state index contributed by atoms with van der Waals surface area (Å²) in [5, 5.41) is 3.02. The van der Waals surface area contributed by atoms with E-state index >= 15 is 0 Å². The summed E-state index contributed by atoms with van der Waals surface area (Å²) in [6.07, 6.45) is 2.25. The highest BCUT2D eigenvalue weighted by Gasteiger charge is 2.44. The lowest BCUT2D eigenvalue weighted by atomic mass is 9.96. The molecule has 0 bridgehead atoms. The molecule has 0 aromatic heterocycles. The quantitative estimate of drug-likeness (QED) is 0.891. The topological polar surface area (TPSA) is 55.1 Å². The first-order chi connectivity index (χ1) is 10.2. The van der Waals surface area contributed by atoms with Gasteiger partial charge in [-0.05, 0) is 24.0 Å². The lowest BCUT2D eigenvalue weighted by molar-refractivity contribution is -0.122. The van der Waals surface area contributed by atoms with Crippen LogP contribution in [0.15, 0.2) is 60.7 Å². The number of hydrogen-bond donors (Lipinski definition) is 2. The van der Waals surface area contributed by atoms with E-state index in [0.29, 0.717) is 6.54 Å². The van der Waals surface area contributed by atoms with E-state index < -0.39 is 6.04 Å². The molecule has 1 atom stereocenters. The van der Waals surface area contributed by atoms with Crippen molar-refractivity contribution in [2.75, 3.05) is 6.54 Å². The van der Waals surface area contributed by atoms with Crippen LogP contribution in [0.3, 0.4) is 0 Å². The Morgan fingerprint density at radius 3 is 2.14 bits per heavy atom. The van der Waals surface area contributed by atoms with Crippen LogP contribution in [0, 0.1) is 0 Å². The van der Waals surface area contributed by atoms with Crippen LogP contribution in [0.5, 0.6) is 0 Å². The number of amides is 1. The second kappa shape index (κ2) is 6.95. The molecule has 1 aliphatic carbocycles. The van der Waals surface area contributed by atoms with Gasteiger partial charge in [-0.2, -0.15) is 0 Å². The fourth-order valence-corrected chi connectivity index (χ4v) is 2.69. The van der Waals surface area contributed by atoms with Gasteiger partial charge in [-0.1, -0.05) is 60.7 Å². The lowest BCUT2D eigenvalue weighted by Crippen LogP contribution is -2.38. The molecule has 1 saturated carbocycles. The van der Waals surface area contributed by atoms with E-state index in [2.05, 4.69) is 17.4 Å². The fourth-order valence-electron chi connectivity index (χ4n) is 2.69. The van der Waals surface area contributed by atoms with Gasteiger partial charge < -0.3 is 11.1 Å². The number of nitrogens with two attached hydrogens (primary N) is 1. The Morgan fingerprint density at radius 1 is 1.05 bits per heavy atom. The average molecular weight is 317 g/mol. The van der Waals surface area contributed by atoms with E-state index in [1.165, 1.54) is 5.56 Å². The monoisotopic (exact) mass is 316 g/mol. The minimum Gasteiger partial charge on any atom is -0.354 e. The Hall–Kier alpha value is -1.84. The second-order valence-electron chi connectivity index (χ2n) is 5.75. The predicted octanol–water partition coefficient (Wildman–Crippen LogP) is 2.96. The Kier molecular flexibility index (Phi) is 5.22. The molecule has 0 aliphatic heterocycles. The van der Waals surface area contributed by atoms with Gasteiger partial charge in [0.1, 0.15) is 6.04 Å². The SMILES string of the molecule is Cl.NC(C(=O)NCC1(c2ccccc2)CC1)c1ccccc1. The zero-order valence-corrected chi connectivity index (χ0v) is 13.2. The molecule has 2 aromatic rings. The third-order valence-corrected chi connectivity index (χ3v) is 4.28. The number of benzene rings is 2. The molecular weight excluding hydrogens is 296 g/mol. The largest absolute Gasteiger partial charge is 0.354 e. The number of carbonyl (C=O) groups excluding carboxylic acids is 1. The molecular formula is C18H21ClN2O. The van der Waals surface area contributed by atoms with Crippen molar-refractivity contribution in [1.82, 2.24) is 5.32 Å². The summed E-state index contributed by atoms with van der Waals surface area (Å²) in [6.45, 7) is 0.663. The van der Waals surface area contributed by atoms with Gasteiger partial charge in [0.2, 0.25) is 5.91 Å². The van der Waals surface area contributed by atoms with Gasteiger partial charge in [0, 0.05) is 12.0 Å². The highest BCUT2D eigenvalue weighted by Crippen LogP contribution is 2.47. The summed E-state index contributed by atoms with van der Waals surface area (Å²) in [5.74, 6) is -0.108. The van der Waals surface area contributed by atoms with E-state index in [-0.39, 0.29) is 23.7 Å². The van der Waals surface area contributed by atoms with Crippen molar-refractivity contribution in [2.45, 2.75) is 24.3 Å². The van der Waals surface area contributed by atoms with Crippen LogP contribution in [0.1, 0.15) is 30.0 Å². The summed E-state index contributed by atoms with van der Waals surface area (Å²) < 4.78 is 0. The number of nitrogens with one attached hydrogen (secondary N) is 1. The summed E-state index contributed by atoms with van der Waals surface area (Å²) in [7, 11) is 0. The lowest BCUT2D eigenvalue weighted by Gasteiger charge is -2.19. The van der Waals surface area contributed by atoms with Crippen molar-refractivity contribution in [3.05, 3.63) is 71.8 Å². The maximum Gasteiger partial charge on any atom is 0.241 e.